The van der Waals surface area contributed by atoms with E-state index < -0.39 is 17.6 Å². The lowest BCUT2D eigenvalue weighted by molar-refractivity contribution is -0.137. The predicted octanol–water partition coefficient (Wildman–Crippen LogP) is 5.74. The van der Waals surface area contributed by atoms with E-state index in [1.807, 2.05) is 12.1 Å². The fourth-order valence-corrected chi connectivity index (χ4v) is 3.89. The van der Waals surface area contributed by atoms with Crippen LogP contribution in [0, 0.1) is 0 Å². The smallest absolute Gasteiger partial charge is 0.322 e. The van der Waals surface area contributed by atoms with Crippen molar-refractivity contribution in [2.75, 3.05) is 5.32 Å². The summed E-state index contributed by atoms with van der Waals surface area (Å²) in [5, 5.41) is 2.70. The summed E-state index contributed by atoms with van der Waals surface area (Å²) in [6, 6.07) is 10.5. The van der Waals surface area contributed by atoms with Gasteiger partial charge in [-0.05, 0) is 47.1 Å². The maximum absolute atomic E-state index is 13.2. The van der Waals surface area contributed by atoms with E-state index in [0.29, 0.717) is 5.69 Å². The molecule has 2 aromatic carbocycles. The van der Waals surface area contributed by atoms with Gasteiger partial charge in [0, 0.05) is 5.69 Å². The quantitative estimate of drug-likeness (QED) is 0.737. The summed E-state index contributed by atoms with van der Waals surface area (Å²) < 4.78 is 39.5. The minimum absolute atomic E-state index is 0.0145. The Kier molecular flexibility index (Phi) is 4.13. The molecule has 0 heterocycles. The molecule has 0 saturated carbocycles. The predicted molar refractivity (Wildman–Crippen MR) is 91.9 cm³/mol. The Labute approximate surface area is 145 Å². The van der Waals surface area contributed by atoms with Crippen molar-refractivity contribution in [3.63, 3.8) is 0 Å². The van der Waals surface area contributed by atoms with Crippen LogP contribution in [0.15, 0.2) is 42.5 Å². The summed E-state index contributed by atoms with van der Waals surface area (Å²) >= 11 is 0. The van der Waals surface area contributed by atoms with Crippen molar-refractivity contribution in [2.45, 2.75) is 44.7 Å². The molecular weight excluding hydrogens is 327 g/mol. The summed E-state index contributed by atoms with van der Waals surface area (Å²) in [6.07, 6.45) is -3.63. The lowest BCUT2D eigenvalue weighted by Gasteiger charge is -2.19. The molecule has 2 nitrogen and oxygen atoms in total. The van der Waals surface area contributed by atoms with E-state index >= 15 is 0 Å². The third-order valence-corrected chi connectivity index (χ3v) is 4.87. The summed E-state index contributed by atoms with van der Waals surface area (Å²) in [5.41, 5.74) is 1.45. The molecule has 0 aromatic heterocycles. The molecule has 0 aliphatic heterocycles. The number of benzene rings is 2. The van der Waals surface area contributed by atoms with E-state index in [9.17, 15) is 18.0 Å². The Hall–Kier alpha value is -2.30. The Balaban J connectivity index is 1.99. The van der Waals surface area contributed by atoms with Gasteiger partial charge in [0.2, 0.25) is 0 Å². The van der Waals surface area contributed by atoms with Crippen molar-refractivity contribution in [2.24, 2.45) is 0 Å². The Morgan fingerprint density at radius 3 is 2.48 bits per heavy atom. The van der Waals surface area contributed by atoms with Crippen molar-refractivity contribution >= 4 is 11.6 Å². The van der Waals surface area contributed by atoms with Crippen molar-refractivity contribution < 1.29 is 18.0 Å². The van der Waals surface area contributed by atoms with Gasteiger partial charge in [-0.15, -0.1) is 0 Å². The zero-order chi connectivity index (χ0) is 18.4. The first kappa shape index (κ1) is 17.5. The van der Waals surface area contributed by atoms with Gasteiger partial charge in [-0.3, -0.25) is 4.79 Å². The lowest BCUT2D eigenvalue weighted by Crippen LogP contribution is -2.19. The molecule has 0 spiro atoms. The summed E-state index contributed by atoms with van der Waals surface area (Å²) in [7, 11) is 0. The van der Waals surface area contributed by atoms with E-state index in [0.717, 1.165) is 23.6 Å². The monoisotopic (exact) mass is 347 g/mol. The van der Waals surface area contributed by atoms with Crippen LogP contribution < -0.4 is 5.32 Å². The van der Waals surface area contributed by atoms with Gasteiger partial charge >= 0.3 is 6.18 Å². The van der Waals surface area contributed by atoms with Gasteiger partial charge in [0.25, 0.3) is 5.91 Å². The van der Waals surface area contributed by atoms with Crippen LogP contribution in [0.5, 0.6) is 0 Å². The number of fused-ring (bicyclic) bond motifs is 1. The van der Waals surface area contributed by atoms with Gasteiger partial charge in [-0.25, -0.2) is 0 Å². The van der Waals surface area contributed by atoms with Crippen LogP contribution in [0.2, 0.25) is 0 Å². The average molecular weight is 347 g/mol. The van der Waals surface area contributed by atoms with Gasteiger partial charge in [0.15, 0.2) is 0 Å². The number of nitrogens with one attached hydrogen (secondary N) is 1. The minimum Gasteiger partial charge on any atom is -0.322 e. The molecule has 1 aliphatic carbocycles. The minimum atomic E-state index is -4.57. The number of halogens is 3. The molecule has 0 radical (unpaired) electrons. The summed E-state index contributed by atoms with van der Waals surface area (Å²) in [5.74, 6) is -0.502. The van der Waals surface area contributed by atoms with Gasteiger partial charge in [-0.2, -0.15) is 13.2 Å². The van der Waals surface area contributed by atoms with Crippen molar-refractivity contribution in [3.05, 3.63) is 64.7 Å². The number of anilines is 1. The van der Waals surface area contributed by atoms with E-state index in [1.54, 1.807) is 6.07 Å². The molecule has 0 bridgehead atoms. The number of rotatable bonds is 2. The second-order valence-corrected chi connectivity index (χ2v) is 7.25. The SMILES string of the molecule is CC1CC(C)(C)c2cccc(NC(=O)c3ccccc3C(F)(F)F)c21. The first-order valence-electron chi connectivity index (χ1n) is 8.22. The second-order valence-electron chi connectivity index (χ2n) is 7.25. The van der Waals surface area contributed by atoms with Crippen LogP contribution in [-0.2, 0) is 11.6 Å². The standard InChI is InChI=1S/C20H20F3NO/c1-12-11-19(2,3)15-9-6-10-16(17(12)15)24-18(25)13-7-4-5-8-14(13)20(21,22)23/h4-10,12H,11H2,1-3H3,(H,24,25). The third kappa shape index (κ3) is 3.15. The molecule has 0 fully saturated rings. The highest BCUT2D eigenvalue weighted by Gasteiger charge is 2.37. The first-order chi connectivity index (χ1) is 11.6. The second kappa shape index (κ2) is 5.90. The number of hydrogen-bond donors (Lipinski definition) is 1. The molecule has 132 valence electrons. The molecule has 3 rings (SSSR count). The molecule has 1 N–H and O–H groups in total. The van der Waals surface area contributed by atoms with Crippen LogP contribution >= 0.6 is 0 Å². The largest absolute Gasteiger partial charge is 0.417 e. The number of amides is 1. The highest BCUT2D eigenvalue weighted by Crippen LogP contribution is 2.48. The molecule has 1 aliphatic rings. The summed E-state index contributed by atoms with van der Waals surface area (Å²) in [6.45, 7) is 6.35. The number of hydrogen-bond acceptors (Lipinski definition) is 1. The van der Waals surface area contributed by atoms with Crippen molar-refractivity contribution in [1.82, 2.24) is 0 Å². The third-order valence-electron chi connectivity index (χ3n) is 4.87. The van der Waals surface area contributed by atoms with Gasteiger partial charge in [-0.1, -0.05) is 45.0 Å². The Morgan fingerprint density at radius 1 is 1.12 bits per heavy atom. The molecule has 5 heteroatoms. The highest BCUT2D eigenvalue weighted by molar-refractivity contribution is 6.06. The van der Waals surface area contributed by atoms with Crippen LogP contribution in [0.3, 0.4) is 0 Å². The van der Waals surface area contributed by atoms with Crippen molar-refractivity contribution in [3.8, 4) is 0 Å². The topological polar surface area (TPSA) is 29.1 Å². The average Bonchev–Trinajstić information content (AvgIpc) is 2.77. The lowest BCUT2D eigenvalue weighted by atomic mass is 9.86. The first-order valence-corrected chi connectivity index (χ1v) is 8.22. The zero-order valence-corrected chi connectivity index (χ0v) is 14.4. The van der Waals surface area contributed by atoms with Crippen LogP contribution in [0.1, 0.15) is 60.2 Å². The van der Waals surface area contributed by atoms with Crippen LogP contribution in [0.4, 0.5) is 18.9 Å². The summed E-state index contributed by atoms with van der Waals surface area (Å²) in [4.78, 5) is 12.5. The molecule has 1 unspecified atom stereocenters. The Morgan fingerprint density at radius 2 is 1.80 bits per heavy atom. The van der Waals surface area contributed by atoms with Gasteiger partial charge < -0.3 is 5.32 Å². The molecule has 25 heavy (non-hydrogen) atoms. The number of carbonyl (C=O) groups excluding carboxylic acids is 1. The fraction of sp³-hybridized carbons (Fsp3) is 0.350. The highest BCUT2D eigenvalue weighted by atomic mass is 19.4. The Bertz CT molecular complexity index is 824. The molecular formula is C20H20F3NO. The number of carbonyl (C=O) groups is 1. The van der Waals surface area contributed by atoms with Gasteiger partial charge in [0.05, 0.1) is 11.1 Å². The van der Waals surface area contributed by atoms with Crippen molar-refractivity contribution in [1.29, 1.82) is 0 Å². The number of alkyl halides is 3. The van der Waals surface area contributed by atoms with E-state index in [-0.39, 0.29) is 16.9 Å². The molecule has 1 amide bonds. The fourth-order valence-electron chi connectivity index (χ4n) is 3.89. The maximum Gasteiger partial charge on any atom is 0.417 e. The van der Waals surface area contributed by atoms with Gasteiger partial charge in [0.1, 0.15) is 0 Å². The molecule has 2 aromatic rings. The normalized spacial score (nSPS) is 18.7. The van der Waals surface area contributed by atoms with E-state index in [2.05, 4.69) is 26.1 Å². The van der Waals surface area contributed by atoms with E-state index in [4.69, 9.17) is 0 Å². The molecule has 1 atom stereocenters. The van der Waals surface area contributed by atoms with Crippen LogP contribution in [-0.4, -0.2) is 5.91 Å². The maximum atomic E-state index is 13.2. The molecule has 0 saturated heterocycles. The van der Waals surface area contributed by atoms with Crippen LogP contribution in [0.25, 0.3) is 0 Å². The van der Waals surface area contributed by atoms with E-state index in [1.165, 1.54) is 18.2 Å². The zero-order valence-electron chi connectivity index (χ0n) is 14.4.